The fraction of sp³-hybridized carbons (Fsp3) is 0.476. The molecule has 1 aromatic carbocycles. The summed E-state index contributed by atoms with van der Waals surface area (Å²) in [7, 11) is 0. The third kappa shape index (κ3) is 3.85. The van der Waals surface area contributed by atoms with E-state index in [1.54, 1.807) is 9.80 Å². The van der Waals surface area contributed by atoms with E-state index in [9.17, 15) is 14.7 Å². The maximum Gasteiger partial charge on any atom is 0.274 e. The van der Waals surface area contributed by atoms with Crippen molar-refractivity contribution < 1.29 is 19.4 Å². The lowest BCUT2D eigenvalue weighted by molar-refractivity contribution is -0.134. The van der Waals surface area contributed by atoms with Crippen LogP contribution >= 0.6 is 0 Å². The molecule has 1 saturated heterocycles. The SMILES string of the molecule is Cc1ccccc1OCC(=O)N1CCc2c(C(=O)N3CCC[C@H]3CO)n[nH]c2C1. The van der Waals surface area contributed by atoms with Crippen LogP contribution in [-0.2, 0) is 17.8 Å². The number of likely N-dealkylation sites (tertiary alicyclic amines) is 1. The summed E-state index contributed by atoms with van der Waals surface area (Å²) in [5.74, 6) is 0.472. The van der Waals surface area contributed by atoms with Gasteiger partial charge in [-0.2, -0.15) is 5.10 Å². The van der Waals surface area contributed by atoms with Crippen molar-refractivity contribution in [2.75, 3.05) is 26.3 Å². The van der Waals surface area contributed by atoms with Gasteiger partial charge in [0.2, 0.25) is 0 Å². The maximum absolute atomic E-state index is 12.9. The second kappa shape index (κ2) is 8.24. The predicted molar refractivity (Wildman–Crippen MR) is 106 cm³/mol. The number of benzene rings is 1. The molecule has 3 heterocycles. The van der Waals surface area contributed by atoms with Crippen LogP contribution in [0, 0.1) is 6.92 Å². The zero-order valence-electron chi connectivity index (χ0n) is 16.6. The van der Waals surface area contributed by atoms with E-state index in [1.165, 1.54) is 0 Å². The third-order valence-electron chi connectivity index (χ3n) is 5.78. The number of aliphatic hydroxyl groups excluding tert-OH is 1. The standard InChI is InChI=1S/C21H26N4O4/c1-14-5-2-3-7-18(14)29-13-19(27)24-10-8-16-17(11-24)22-23-20(16)21(28)25-9-4-6-15(25)12-26/h2-3,5,7,15,26H,4,6,8-13H2,1H3,(H,22,23)/t15-/m0/s1. The molecule has 2 aromatic rings. The number of rotatable bonds is 5. The van der Waals surface area contributed by atoms with Gasteiger partial charge in [0.15, 0.2) is 12.3 Å². The first-order chi connectivity index (χ1) is 14.1. The molecule has 0 radical (unpaired) electrons. The Hall–Kier alpha value is -2.87. The van der Waals surface area contributed by atoms with Crippen molar-refractivity contribution in [1.82, 2.24) is 20.0 Å². The highest BCUT2D eigenvalue weighted by Gasteiger charge is 2.34. The molecule has 1 fully saturated rings. The molecule has 2 N–H and O–H groups in total. The Balaban J connectivity index is 1.40. The van der Waals surface area contributed by atoms with Crippen molar-refractivity contribution in [3.05, 3.63) is 46.8 Å². The van der Waals surface area contributed by atoms with Crippen LogP contribution in [0.2, 0.25) is 0 Å². The Bertz CT molecular complexity index is 910. The Morgan fingerprint density at radius 1 is 1.31 bits per heavy atom. The zero-order chi connectivity index (χ0) is 20.4. The van der Waals surface area contributed by atoms with Crippen LogP contribution < -0.4 is 4.74 Å². The number of amides is 2. The Labute approximate surface area is 169 Å². The highest BCUT2D eigenvalue weighted by molar-refractivity contribution is 5.94. The van der Waals surface area contributed by atoms with Gasteiger partial charge in [0.05, 0.1) is 24.9 Å². The van der Waals surface area contributed by atoms with Crippen LogP contribution in [-0.4, -0.2) is 69.3 Å². The Morgan fingerprint density at radius 2 is 2.14 bits per heavy atom. The minimum atomic E-state index is -0.137. The molecule has 154 valence electrons. The Morgan fingerprint density at radius 3 is 2.93 bits per heavy atom. The molecule has 8 heteroatoms. The van der Waals surface area contributed by atoms with Gasteiger partial charge in [-0.1, -0.05) is 18.2 Å². The summed E-state index contributed by atoms with van der Waals surface area (Å²) < 4.78 is 5.67. The number of carbonyl (C=O) groups is 2. The fourth-order valence-electron chi connectivity index (χ4n) is 4.09. The van der Waals surface area contributed by atoms with Crippen molar-refractivity contribution in [3.8, 4) is 5.75 Å². The number of aryl methyl sites for hydroxylation is 1. The molecule has 8 nitrogen and oxygen atoms in total. The lowest BCUT2D eigenvalue weighted by Gasteiger charge is -2.27. The van der Waals surface area contributed by atoms with Crippen LogP contribution in [0.5, 0.6) is 5.75 Å². The number of nitrogens with zero attached hydrogens (tertiary/aromatic N) is 3. The average molecular weight is 398 g/mol. The number of aromatic nitrogens is 2. The Kier molecular flexibility index (Phi) is 5.53. The normalized spacial score (nSPS) is 18.6. The lowest BCUT2D eigenvalue weighted by atomic mass is 10.0. The minimum absolute atomic E-state index is 0.0218. The summed E-state index contributed by atoms with van der Waals surface area (Å²) in [5, 5.41) is 16.7. The van der Waals surface area contributed by atoms with Gasteiger partial charge in [-0.25, -0.2) is 0 Å². The molecule has 0 spiro atoms. The number of fused-ring (bicyclic) bond motifs is 1. The number of aromatic amines is 1. The van der Waals surface area contributed by atoms with Gasteiger partial charge < -0.3 is 19.6 Å². The van der Waals surface area contributed by atoms with Gasteiger partial charge in [-0.05, 0) is 37.8 Å². The van der Waals surface area contributed by atoms with E-state index >= 15 is 0 Å². The molecule has 2 aliphatic rings. The molecule has 2 amide bonds. The van der Waals surface area contributed by atoms with Gasteiger partial charge in [0.1, 0.15) is 5.75 Å². The fourth-order valence-corrected chi connectivity index (χ4v) is 4.09. The molecular weight excluding hydrogens is 372 g/mol. The van der Waals surface area contributed by atoms with Crippen molar-refractivity contribution in [2.45, 2.75) is 38.8 Å². The molecular formula is C21H26N4O4. The summed E-state index contributed by atoms with van der Waals surface area (Å²) in [6.45, 7) is 3.44. The molecule has 2 aliphatic heterocycles. The van der Waals surface area contributed by atoms with Crippen LogP contribution in [0.15, 0.2) is 24.3 Å². The van der Waals surface area contributed by atoms with Crippen LogP contribution in [0.3, 0.4) is 0 Å². The van der Waals surface area contributed by atoms with Gasteiger partial charge in [-0.3, -0.25) is 14.7 Å². The molecule has 0 unspecified atom stereocenters. The summed E-state index contributed by atoms with van der Waals surface area (Å²) in [5.41, 5.74) is 3.08. The largest absolute Gasteiger partial charge is 0.484 e. The van der Waals surface area contributed by atoms with E-state index in [0.717, 1.165) is 29.7 Å². The summed E-state index contributed by atoms with van der Waals surface area (Å²) in [4.78, 5) is 28.9. The molecule has 4 rings (SSSR count). The monoisotopic (exact) mass is 398 g/mol. The number of hydrogen-bond acceptors (Lipinski definition) is 5. The first-order valence-electron chi connectivity index (χ1n) is 10.0. The first-order valence-corrected chi connectivity index (χ1v) is 10.0. The van der Waals surface area contributed by atoms with Crippen molar-refractivity contribution in [2.24, 2.45) is 0 Å². The van der Waals surface area contributed by atoms with E-state index in [4.69, 9.17) is 4.74 Å². The molecule has 1 aromatic heterocycles. The van der Waals surface area contributed by atoms with Gasteiger partial charge in [-0.15, -0.1) is 0 Å². The van der Waals surface area contributed by atoms with Crippen LogP contribution in [0.25, 0.3) is 0 Å². The van der Waals surface area contributed by atoms with E-state index in [2.05, 4.69) is 10.2 Å². The molecule has 1 atom stereocenters. The quantitative estimate of drug-likeness (QED) is 0.791. The lowest BCUT2D eigenvalue weighted by Crippen LogP contribution is -2.40. The number of H-pyrrole nitrogens is 1. The van der Waals surface area contributed by atoms with E-state index in [0.29, 0.717) is 37.5 Å². The van der Waals surface area contributed by atoms with Crippen LogP contribution in [0.1, 0.15) is 40.2 Å². The molecule has 0 aliphatic carbocycles. The zero-order valence-corrected chi connectivity index (χ0v) is 16.6. The summed E-state index contributed by atoms with van der Waals surface area (Å²) >= 11 is 0. The molecule has 0 saturated carbocycles. The highest BCUT2D eigenvalue weighted by atomic mass is 16.5. The average Bonchev–Trinajstić information content (AvgIpc) is 3.38. The number of para-hydroxylation sites is 1. The van der Waals surface area contributed by atoms with Crippen molar-refractivity contribution in [1.29, 1.82) is 0 Å². The number of carbonyl (C=O) groups excluding carboxylic acids is 2. The van der Waals surface area contributed by atoms with E-state index in [1.807, 2.05) is 31.2 Å². The second-order valence-electron chi connectivity index (χ2n) is 7.63. The smallest absolute Gasteiger partial charge is 0.274 e. The number of hydrogen-bond donors (Lipinski definition) is 2. The summed E-state index contributed by atoms with van der Waals surface area (Å²) in [6.07, 6.45) is 2.28. The molecule has 0 bridgehead atoms. The van der Waals surface area contributed by atoms with Crippen molar-refractivity contribution >= 4 is 11.8 Å². The first kappa shape index (κ1) is 19.4. The predicted octanol–water partition coefficient (Wildman–Crippen LogP) is 1.28. The maximum atomic E-state index is 12.9. The van der Waals surface area contributed by atoms with Crippen LogP contribution in [0.4, 0.5) is 0 Å². The van der Waals surface area contributed by atoms with E-state index < -0.39 is 0 Å². The van der Waals surface area contributed by atoms with Crippen molar-refractivity contribution in [3.63, 3.8) is 0 Å². The summed E-state index contributed by atoms with van der Waals surface area (Å²) in [6, 6.07) is 7.47. The van der Waals surface area contributed by atoms with E-state index in [-0.39, 0.29) is 31.1 Å². The number of nitrogens with one attached hydrogen (secondary N) is 1. The second-order valence-corrected chi connectivity index (χ2v) is 7.63. The van der Waals surface area contributed by atoms with Gasteiger partial charge in [0, 0.05) is 18.7 Å². The number of ether oxygens (including phenoxy) is 1. The minimum Gasteiger partial charge on any atom is -0.484 e. The van der Waals surface area contributed by atoms with Gasteiger partial charge >= 0.3 is 0 Å². The molecule has 29 heavy (non-hydrogen) atoms. The highest BCUT2D eigenvalue weighted by Crippen LogP contribution is 2.25. The third-order valence-corrected chi connectivity index (χ3v) is 5.78. The van der Waals surface area contributed by atoms with Gasteiger partial charge in [0.25, 0.3) is 11.8 Å². The number of aliphatic hydroxyl groups is 1. The topological polar surface area (TPSA) is 98.8 Å².